The van der Waals surface area contributed by atoms with Crippen molar-refractivity contribution in [3.63, 3.8) is 0 Å². The predicted octanol–water partition coefficient (Wildman–Crippen LogP) is 2.42. The fourth-order valence-electron chi connectivity index (χ4n) is 2.25. The Bertz CT molecular complexity index is 1220. The molecule has 0 radical (unpaired) electrons. The van der Waals surface area contributed by atoms with Crippen LogP contribution in [0.4, 0.5) is 9.52 Å². The summed E-state index contributed by atoms with van der Waals surface area (Å²) in [6.07, 6.45) is 3.94. The Morgan fingerprint density at radius 1 is 1.36 bits per heavy atom. The van der Waals surface area contributed by atoms with Crippen LogP contribution in [-0.4, -0.2) is 34.5 Å². The van der Waals surface area contributed by atoms with Crippen LogP contribution in [0.1, 0.15) is 5.69 Å². The minimum absolute atomic E-state index is 0.0490. The number of sulfone groups is 1. The number of carbonyl (C=O) groups excluding carboxylic acids is 1. The van der Waals surface area contributed by atoms with Crippen LogP contribution < -0.4 is 5.32 Å². The first-order valence-electron chi connectivity index (χ1n) is 7.68. The molecule has 0 unspecified atom stereocenters. The van der Waals surface area contributed by atoms with Crippen LogP contribution in [0.3, 0.4) is 0 Å². The van der Waals surface area contributed by atoms with Gasteiger partial charge in [0.05, 0.1) is 0 Å². The van der Waals surface area contributed by atoms with Crippen LogP contribution in [0.5, 0.6) is 0 Å². The largest absolute Gasteiger partial charge is 0.317 e. The smallest absolute Gasteiger partial charge is 0.268 e. The molecule has 0 aliphatic heterocycles. The first kappa shape index (κ1) is 19.4. The number of hydrogen-bond donors (Lipinski definition) is 1. The number of amides is 1. The van der Waals surface area contributed by atoms with Crippen LogP contribution in [0.15, 0.2) is 53.3 Å². The number of rotatable bonds is 5. The number of carbonyl (C=O) groups is 1. The van der Waals surface area contributed by atoms with E-state index >= 15 is 0 Å². The lowest BCUT2D eigenvalue weighted by molar-refractivity contribution is -0.112. The SMILES string of the molecule is CS(=O)(=O)c1nsc(NC(=O)C(C#N)=Cc2cccn2-c2cccc(F)c2)n1. The van der Waals surface area contributed by atoms with E-state index in [4.69, 9.17) is 0 Å². The number of aromatic nitrogens is 3. The van der Waals surface area contributed by atoms with Gasteiger partial charge < -0.3 is 4.57 Å². The molecular formula is C17H12FN5O3S2. The Morgan fingerprint density at radius 3 is 2.79 bits per heavy atom. The van der Waals surface area contributed by atoms with E-state index in [1.165, 1.54) is 18.2 Å². The van der Waals surface area contributed by atoms with Crippen molar-refractivity contribution in [2.45, 2.75) is 5.16 Å². The number of anilines is 1. The monoisotopic (exact) mass is 417 g/mol. The van der Waals surface area contributed by atoms with Gasteiger partial charge in [-0.1, -0.05) is 6.07 Å². The van der Waals surface area contributed by atoms with Crippen molar-refractivity contribution in [2.75, 3.05) is 11.6 Å². The Balaban J connectivity index is 1.87. The maximum atomic E-state index is 13.5. The first-order chi connectivity index (χ1) is 13.3. The van der Waals surface area contributed by atoms with Gasteiger partial charge in [0.15, 0.2) is 0 Å². The maximum absolute atomic E-state index is 13.5. The summed E-state index contributed by atoms with van der Waals surface area (Å²) in [4.78, 5) is 16.1. The van der Waals surface area contributed by atoms with E-state index in [-0.39, 0.29) is 10.7 Å². The fourth-order valence-corrected chi connectivity index (χ4v) is 3.68. The molecule has 3 rings (SSSR count). The summed E-state index contributed by atoms with van der Waals surface area (Å²) in [6.45, 7) is 0. The molecule has 3 aromatic rings. The average Bonchev–Trinajstić information content (AvgIpc) is 3.28. The van der Waals surface area contributed by atoms with E-state index in [9.17, 15) is 22.9 Å². The molecule has 2 aromatic heterocycles. The average molecular weight is 417 g/mol. The van der Waals surface area contributed by atoms with Gasteiger partial charge in [-0.2, -0.15) is 14.6 Å². The minimum atomic E-state index is -3.60. The number of halogens is 1. The molecule has 142 valence electrons. The molecule has 1 N–H and O–H groups in total. The number of nitriles is 1. The lowest BCUT2D eigenvalue weighted by Gasteiger charge is -2.07. The van der Waals surface area contributed by atoms with Gasteiger partial charge in [0.25, 0.3) is 11.1 Å². The molecule has 8 nitrogen and oxygen atoms in total. The van der Waals surface area contributed by atoms with Gasteiger partial charge in [0.1, 0.15) is 17.5 Å². The van der Waals surface area contributed by atoms with Crippen LogP contribution in [0.2, 0.25) is 0 Å². The summed E-state index contributed by atoms with van der Waals surface area (Å²) >= 11 is 0.686. The highest BCUT2D eigenvalue weighted by atomic mass is 32.2. The summed E-state index contributed by atoms with van der Waals surface area (Å²) in [5, 5.41) is 11.2. The molecule has 0 aliphatic carbocycles. The molecule has 0 aliphatic rings. The van der Waals surface area contributed by atoms with Crippen molar-refractivity contribution >= 4 is 38.5 Å². The van der Waals surface area contributed by atoms with E-state index in [2.05, 4.69) is 14.7 Å². The van der Waals surface area contributed by atoms with Crippen molar-refractivity contribution in [2.24, 2.45) is 0 Å². The second-order valence-electron chi connectivity index (χ2n) is 5.56. The lowest BCUT2D eigenvalue weighted by Crippen LogP contribution is -2.14. The summed E-state index contributed by atoms with van der Waals surface area (Å²) in [5.41, 5.74) is 0.759. The van der Waals surface area contributed by atoms with Gasteiger partial charge in [-0.25, -0.2) is 12.8 Å². The van der Waals surface area contributed by atoms with E-state index in [0.717, 1.165) is 6.26 Å². The summed E-state index contributed by atoms with van der Waals surface area (Å²) < 4.78 is 41.5. The van der Waals surface area contributed by atoms with Crippen molar-refractivity contribution in [1.29, 1.82) is 5.26 Å². The number of benzene rings is 1. The van der Waals surface area contributed by atoms with Gasteiger partial charge in [0.2, 0.25) is 15.0 Å². The van der Waals surface area contributed by atoms with E-state index in [0.29, 0.717) is 22.9 Å². The number of nitrogens with one attached hydrogen (secondary N) is 1. The molecule has 1 amide bonds. The Hall–Kier alpha value is -3.36. The standard InChI is InChI=1S/C17H12FN5O3S2/c1-28(25,26)17-21-16(27-22-17)20-15(24)11(10-19)8-13-6-3-7-23(13)14-5-2-4-12(18)9-14/h2-9H,1H3,(H,20,21,22,24). The Morgan fingerprint density at radius 2 is 2.14 bits per heavy atom. The highest BCUT2D eigenvalue weighted by Gasteiger charge is 2.18. The van der Waals surface area contributed by atoms with Gasteiger partial charge >= 0.3 is 0 Å². The third-order valence-electron chi connectivity index (χ3n) is 3.48. The van der Waals surface area contributed by atoms with Crippen LogP contribution in [0.25, 0.3) is 11.8 Å². The lowest BCUT2D eigenvalue weighted by atomic mass is 10.2. The molecule has 0 bridgehead atoms. The third-order valence-corrected chi connectivity index (χ3v) is 5.08. The van der Waals surface area contributed by atoms with Crippen molar-refractivity contribution in [3.8, 4) is 11.8 Å². The fraction of sp³-hybridized carbons (Fsp3) is 0.0588. The zero-order valence-corrected chi connectivity index (χ0v) is 16.0. The molecule has 0 saturated heterocycles. The predicted molar refractivity (Wildman–Crippen MR) is 101 cm³/mol. The van der Waals surface area contributed by atoms with Crippen molar-refractivity contribution < 1.29 is 17.6 Å². The van der Waals surface area contributed by atoms with Gasteiger partial charge in [-0.15, -0.1) is 0 Å². The summed E-state index contributed by atoms with van der Waals surface area (Å²) in [6, 6.07) is 11.0. The summed E-state index contributed by atoms with van der Waals surface area (Å²) in [7, 11) is -3.60. The van der Waals surface area contributed by atoms with Crippen molar-refractivity contribution in [3.05, 3.63) is 59.7 Å². The topological polar surface area (TPSA) is 118 Å². The Kier molecular flexibility index (Phi) is 5.34. The Labute approximate surface area is 163 Å². The molecule has 0 spiro atoms. The van der Waals surface area contributed by atoms with E-state index < -0.39 is 26.7 Å². The van der Waals surface area contributed by atoms with E-state index in [1.807, 2.05) is 0 Å². The molecule has 0 atom stereocenters. The summed E-state index contributed by atoms with van der Waals surface area (Å²) in [5.74, 6) is -1.19. The molecule has 2 heterocycles. The second-order valence-corrected chi connectivity index (χ2v) is 8.22. The normalized spacial score (nSPS) is 11.8. The molecule has 28 heavy (non-hydrogen) atoms. The van der Waals surface area contributed by atoms with Gasteiger partial charge in [-0.05, 0) is 36.4 Å². The molecule has 11 heteroatoms. The zero-order valence-electron chi connectivity index (χ0n) is 14.3. The molecule has 0 saturated carbocycles. The quantitative estimate of drug-likeness (QED) is 0.503. The van der Waals surface area contributed by atoms with Crippen LogP contribution in [-0.2, 0) is 14.6 Å². The number of hydrogen-bond acceptors (Lipinski definition) is 7. The zero-order chi connectivity index (χ0) is 20.3. The van der Waals surface area contributed by atoms with Gasteiger partial charge in [0, 0.05) is 35.4 Å². The van der Waals surface area contributed by atoms with E-state index in [1.54, 1.807) is 41.1 Å². The van der Waals surface area contributed by atoms with Crippen LogP contribution >= 0.6 is 11.5 Å². The molecular weight excluding hydrogens is 405 g/mol. The van der Waals surface area contributed by atoms with Gasteiger partial charge in [-0.3, -0.25) is 10.1 Å². The first-order valence-corrected chi connectivity index (χ1v) is 10.3. The molecule has 0 fully saturated rings. The van der Waals surface area contributed by atoms with Crippen molar-refractivity contribution in [1.82, 2.24) is 13.9 Å². The molecule has 1 aromatic carbocycles. The minimum Gasteiger partial charge on any atom is -0.317 e. The maximum Gasteiger partial charge on any atom is 0.268 e. The third kappa shape index (κ3) is 4.30. The van der Waals surface area contributed by atoms with Crippen LogP contribution in [0, 0.1) is 17.1 Å². The highest BCUT2D eigenvalue weighted by Crippen LogP contribution is 2.19. The number of nitrogens with zero attached hydrogens (tertiary/aromatic N) is 4. The highest BCUT2D eigenvalue weighted by molar-refractivity contribution is 7.90. The second kappa shape index (κ2) is 7.71.